The molecule has 2 aromatic carbocycles. The normalized spacial score (nSPS) is 21.3. The molecule has 0 spiro atoms. The Hall–Kier alpha value is -2.67. The predicted octanol–water partition coefficient (Wildman–Crippen LogP) is 4.09. The standard InChI is InChI=1S/C24H28N2O4S/c1-15-10-16(2)12-19(11-15)25-31(29,30)22-13-18(9-8-17(22)3)14-26-23(27)20-6-4-5-7-21(20)24(26)28/h8-13,20-21,25H,4-7,14H2,1-3H3. The molecule has 2 unspecified atom stereocenters. The van der Waals surface area contributed by atoms with E-state index in [0.29, 0.717) is 16.8 Å². The Morgan fingerprint density at radius 2 is 1.48 bits per heavy atom. The van der Waals surface area contributed by atoms with Gasteiger partial charge in [-0.3, -0.25) is 19.2 Å². The van der Waals surface area contributed by atoms with Gasteiger partial charge in [-0.25, -0.2) is 8.42 Å². The average Bonchev–Trinajstić information content (AvgIpc) is 2.93. The van der Waals surface area contributed by atoms with Gasteiger partial charge in [0.15, 0.2) is 0 Å². The Morgan fingerprint density at radius 1 is 0.903 bits per heavy atom. The van der Waals surface area contributed by atoms with Crippen molar-refractivity contribution in [3.05, 3.63) is 58.7 Å². The molecule has 164 valence electrons. The number of amides is 2. The van der Waals surface area contributed by atoms with E-state index in [0.717, 1.165) is 36.8 Å². The lowest BCUT2D eigenvalue weighted by Crippen LogP contribution is -2.30. The van der Waals surface area contributed by atoms with Crippen molar-refractivity contribution in [2.75, 3.05) is 4.72 Å². The molecule has 0 bridgehead atoms. The Balaban J connectivity index is 1.60. The first-order valence-electron chi connectivity index (χ1n) is 10.7. The van der Waals surface area contributed by atoms with Crippen LogP contribution in [0.1, 0.15) is 47.9 Å². The molecule has 4 rings (SSSR count). The number of fused-ring (bicyclic) bond motifs is 1. The minimum Gasteiger partial charge on any atom is -0.280 e. The summed E-state index contributed by atoms with van der Waals surface area (Å²) in [6, 6.07) is 10.6. The van der Waals surface area contributed by atoms with Gasteiger partial charge in [-0.2, -0.15) is 0 Å². The van der Waals surface area contributed by atoms with E-state index in [1.54, 1.807) is 37.3 Å². The van der Waals surface area contributed by atoms with Gasteiger partial charge in [0.05, 0.1) is 23.3 Å². The lowest BCUT2D eigenvalue weighted by molar-refractivity contribution is -0.140. The molecule has 1 saturated carbocycles. The van der Waals surface area contributed by atoms with Gasteiger partial charge in [0.1, 0.15) is 0 Å². The van der Waals surface area contributed by atoms with Crippen molar-refractivity contribution in [1.29, 1.82) is 0 Å². The van der Waals surface area contributed by atoms with Crippen molar-refractivity contribution in [2.45, 2.75) is 57.9 Å². The summed E-state index contributed by atoms with van der Waals surface area (Å²) in [5.41, 5.74) is 3.68. The molecular weight excluding hydrogens is 412 g/mol. The van der Waals surface area contributed by atoms with Crippen LogP contribution in [0.4, 0.5) is 5.69 Å². The molecule has 31 heavy (non-hydrogen) atoms. The van der Waals surface area contributed by atoms with Gasteiger partial charge < -0.3 is 0 Å². The van der Waals surface area contributed by atoms with E-state index in [-0.39, 0.29) is 35.1 Å². The number of sulfonamides is 1. The highest BCUT2D eigenvalue weighted by Gasteiger charge is 2.47. The lowest BCUT2D eigenvalue weighted by atomic mass is 9.81. The first-order chi connectivity index (χ1) is 14.7. The van der Waals surface area contributed by atoms with E-state index in [2.05, 4.69) is 4.72 Å². The highest BCUT2D eigenvalue weighted by molar-refractivity contribution is 7.92. The van der Waals surface area contributed by atoms with E-state index >= 15 is 0 Å². The smallest absolute Gasteiger partial charge is 0.262 e. The topological polar surface area (TPSA) is 83.6 Å². The number of hydrogen-bond donors (Lipinski definition) is 1. The number of hydrogen-bond acceptors (Lipinski definition) is 4. The molecule has 1 aliphatic heterocycles. The zero-order chi connectivity index (χ0) is 22.3. The zero-order valence-corrected chi connectivity index (χ0v) is 19.0. The number of benzene rings is 2. The molecule has 2 amide bonds. The van der Waals surface area contributed by atoms with Gasteiger partial charge in [-0.15, -0.1) is 0 Å². The van der Waals surface area contributed by atoms with Crippen molar-refractivity contribution < 1.29 is 18.0 Å². The number of nitrogens with one attached hydrogen (secondary N) is 1. The van der Waals surface area contributed by atoms with Crippen molar-refractivity contribution in [2.24, 2.45) is 11.8 Å². The largest absolute Gasteiger partial charge is 0.280 e. The highest BCUT2D eigenvalue weighted by atomic mass is 32.2. The molecule has 6 nitrogen and oxygen atoms in total. The molecule has 2 atom stereocenters. The maximum absolute atomic E-state index is 13.1. The van der Waals surface area contributed by atoms with E-state index in [1.807, 2.05) is 19.9 Å². The van der Waals surface area contributed by atoms with Gasteiger partial charge in [-0.1, -0.05) is 31.0 Å². The molecule has 0 radical (unpaired) electrons. The third kappa shape index (κ3) is 4.24. The molecule has 2 aromatic rings. The molecular formula is C24H28N2O4S. The van der Waals surface area contributed by atoms with Gasteiger partial charge in [0.25, 0.3) is 10.0 Å². The van der Waals surface area contributed by atoms with E-state index < -0.39 is 10.0 Å². The molecule has 1 aliphatic carbocycles. The summed E-state index contributed by atoms with van der Waals surface area (Å²) in [7, 11) is -3.82. The Labute approximate surface area is 183 Å². The van der Waals surface area contributed by atoms with E-state index in [4.69, 9.17) is 0 Å². The van der Waals surface area contributed by atoms with Crippen LogP contribution in [0.25, 0.3) is 0 Å². The summed E-state index contributed by atoms with van der Waals surface area (Å²) in [4.78, 5) is 27.0. The minimum atomic E-state index is -3.82. The molecule has 1 heterocycles. The molecule has 2 fully saturated rings. The van der Waals surface area contributed by atoms with Crippen LogP contribution in [-0.2, 0) is 26.2 Å². The van der Waals surface area contributed by atoms with Crippen molar-refractivity contribution >= 4 is 27.5 Å². The second kappa shape index (κ2) is 8.11. The van der Waals surface area contributed by atoms with Crippen LogP contribution in [0.3, 0.4) is 0 Å². The van der Waals surface area contributed by atoms with Gasteiger partial charge in [0.2, 0.25) is 11.8 Å². The quantitative estimate of drug-likeness (QED) is 0.710. The van der Waals surface area contributed by atoms with Gasteiger partial charge >= 0.3 is 0 Å². The summed E-state index contributed by atoms with van der Waals surface area (Å²) in [6.45, 7) is 5.67. The molecule has 7 heteroatoms. The fourth-order valence-corrected chi connectivity index (χ4v) is 6.18. The number of carbonyl (C=O) groups is 2. The third-order valence-corrected chi connectivity index (χ3v) is 7.81. The predicted molar refractivity (Wildman–Crippen MR) is 119 cm³/mol. The number of rotatable bonds is 5. The lowest BCUT2D eigenvalue weighted by Gasteiger charge is -2.19. The number of carbonyl (C=O) groups excluding carboxylic acids is 2. The Bertz CT molecular complexity index is 1110. The summed E-state index contributed by atoms with van der Waals surface area (Å²) in [6.07, 6.45) is 3.48. The molecule has 2 aliphatic rings. The molecule has 1 saturated heterocycles. The van der Waals surface area contributed by atoms with Crippen LogP contribution >= 0.6 is 0 Å². The Morgan fingerprint density at radius 3 is 2.06 bits per heavy atom. The number of likely N-dealkylation sites (tertiary alicyclic amines) is 1. The van der Waals surface area contributed by atoms with Crippen LogP contribution < -0.4 is 4.72 Å². The van der Waals surface area contributed by atoms with Crippen LogP contribution in [0, 0.1) is 32.6 Å². The first-order valence-corrected chi connectivity index (χ1v) is 12.2. The van der Waals surface area contributed by atoms with E-state index in [9.17, 15) is 18.0 Å². The van der Waals surface area contributed by atoms with Crippen LogP contribution in [0.15, 0.2) is 41.3 Å². The highest BCUT2D eigenvalue weighted by Crippen LogP contribution is 2.38. The fraction of sp³-hybridized carbons (Fsp3) is 0.417. The minimum absolute atomic E-state index is 0.108. The van der Waals surface area contributed by atoms with Crippen LogP contribution in [0.5, 0.6) is 0 Å². The van der Waals surface area contributed by atoms with E-state index in [1.165, 1.54) is 4.90 Å². The second-order valence-corrected chi connectivity index (χ2v) is 10.5. The van der Waals surface area contributed by atoms with Crippen LogP contribution in [0.2, 0.25) is 0 Å². The monoisotopic (exact) mass is 440 g/mol. The first kappa shape index (κ1) is 21.6. The van der Waals surface area contributed by atoms with Gasteiger partial charge in [-0.05, 0) is 74.1 Å². The summed E-state index contributed by atoms with van der Waals surface area (Å²) in [5, 5.41) is 0. The third-order valence-electron chi connectivity index (χ3n) is 6.29. The summed E-state index contributed by atoms with van der Waals surface area (Å²) in [5.74, 6) is -0.650. The number of nitrogens with zero attached hydrogens (tertiary/aromatic N) is 1. The van der Waals surface area contributed by atoms with Crippen molar-refractivity contribution in [3.8, 4) is 0 Å². The van der Waals surface area contributed by atoms with Crippen molar-refractivity contribution in [3.63, 3.8) is 0 Å². The summed E-state index contributed by atoms with van der Waals surface area (Å²) >= 11 is 0. The number of anilines is 1. The molecule has 1 N–H and O–H groups in total. The Kier molecular flexibility index (Phi) is 5.64. The average molecular weight is 441 g/mol. The van der Waals surface area contributed by atoms with Crippen molar-refractivity contribution in [1.82, 2.24) is 4.90 Å². The SMILES string of the molecule is Cc1cc(C)cc(NS(=O)(=O)c2cc(CN3C(=O)C4CCCCC4C3=O)ccc2C)c1. The maximum Gasteiger partial charge on any atom is 0.262 e. The second-order valence-electron chi connectivity index (χ2n) is 8.84. The van der Waals surface area contributed by atoms with Gasteiger partial charge in [0, 0.05) is 5.69 Å². The molecule has 0 aromatic heterocycles. The fourth-order valence-electron chi connectivity index (χ4n) is 4.85. The number of aryl methyl sites for hydroxylation is 3. The zero-order valence-electron chi connectivity index (χ0n) is 18.1. The summed E-state index contributed by atoms with van der Waals surface area (Å²) < 4.78 is 28.9. The van der Waals surface area contributed by atoms with Crippen LogP contribution in [-0.4, -0.2) is 25.1 Å². The number of imide groups is 1. The maximum atomic E-state index is 13.1.